The molecule has 3 rings (SSSR count). The van der Waals surface area contributed by atoms with Gasteiger partial charge in [0.1, 0.15) is 5.78 Å². The number of rotatable bonds is 5. The lowest BCUT2D eigenvalue weighted by Crippen LogP contribution is -2.42. The summed E-state index contributed by atoms with van der Waals surface area (Å²) < 4.78 is 5.14. The monoisotopic (exact) mass is 315 g/mol. The van der Waals surface area contributed by atoms with Gasteiger partial charge in [-0.3, -0.25) is 9.59 Å². The fourth-order valence-electron chi connectivity index (χ4n) is 4.02. The topological polar surface area (TPSA) is 55.4 Å². The first kappa shape index (κ1) is 16.2. The quantitative estimate of drug-likeness (QED) is 0.909. The van der Waals surface area contributed by atoms with Crippen LogP contribution >= 0.6 is 0 Å². The summed E-state index contributed by atoms with van der Waals surface area (Å²) in [4.78, 5) is 24.6. The Hall–Kier alpha value is -1.68. The lowest BCUT2D eigenvalue weighted by molar-refractivity contribution is -0.137. The molecule has 0 spiro atoms. The maximum Gasteiger partial charge on any atom is 0.223 e. The first-order valence-corrected chi connectivity index (χ1v) is 8.55. The molecule has 2 aliphatic carbocycles. The van der Waals surface area contributed by atoms with E-state index in [0.29, 0.717) is 18.9 Å². The lowest BCUT2D eigenvalue weighted by atomic mass is 9.67. The number of methoxy groups -OCH3 is 1. The third-order valence-corrected chi connectivity index (χ3v) is 5.19. The van der Waals surface area contributed by atoms with Crippen molar-refractivity contribution >= 4 is 11.7 Å². The number of Topliss-reactive ketones (excluding diaryl/α,β-unsaturated/α-hetero) is 1. The zero-order valence-corrected chi connectivity index (χ0v) is 13.7. The Morgan fingerprint density at radius 3 is 2.61 bits per heavy atom. The average molecular weight is 315 g/mol. The van der Waals surface area contributed by atoms with Gasteiger partial charge in [-0.1, -0.05) is 30.7 Å². The molecular weight excluding hydrogens is 290 g/mol. The molecule has 4 nitrogen and oxygen atoms in total. The minimum absolute atomic E-state index is 0.00478. The summed E-state index contributed by atoms with van der Waals surface area (Å²) in [6.45, 7) is 1.12. The highest BCUT2D eigenvalue weighted by atomic mass is 16.5. The molecule has 1 unspecified atom stereocenters. The molecule has 0 radical (unpaired) electrons. The molecular formula is C19H25NO3. The van der Waals surface area contributed by atoms with E-state index in [2.05, 4.69) is 11.4 Å². The second-order valence-corrected chi connectivity index (χ2v) is 6.87. The van der Waals surface area contributed by atoms with Gasteiger partial charge >= 0.3 is 0 Å². The van der Waals surface area contributed by atoms with Gasteiger partial charge in [0.15, 0.2) is 0 Å². The van der Waals surface area contributed by atoms with Crippen molar-refractivity contribution in [1.29, 1.82) is 0 Å². The first-order valence-electron chi connectivity index (χ1n) is 8.55. The molecule has 0 heterocycles. The van der Waals surface area contributed by atoms with E-state index in [-0.39, 0.29) is 23.7 Å². The van der Waals surface area contributed by atoms with Crippen molar-refractivity contribution in [2.75, 3.05) is 7.11 Å². The molecule has 23 heavy (non-hydrogen) atoms. The molecule has 1 aromatic rings. The second kappa shape index (κ2) is 7.26. The van der Waals surface area contributed by atoms with Crippen LogP contribution in [0.2, 0.25) is 0 Å². The molecule has 2 aliphatic rings. The van der Waals surface area contributed by atoms with Gasteiger partial charge in [-0.2, -0.15) is 0 Å². The summed E-state index contributed by atoms with van der Waals surface area (Å²) in [5, 5.41) is 3.05. The van der Waals surface area contributed by atoms with E-state index >= 15 is 0 Å². The van der Waals surface area contributed by atoms with E-state index in [1.165, 1.54) is 0 Å². The lowest BCUT2D eigenvalue weighted by Gasteiger charge is -2.36. The average Bonchev–Trinajstić information content (AvgIpc) is 2.53. The van der Waals surface area contributed by atoms with Gasteiger partial charge < -0.3 is 10.1 Å². The number of nitrogens with one attached hydrogen (secondary N) is 1. The molecule has 1 N–H and O–H groups in total. The standard InChI is InChI=1S/C19H25NO3/c1-23-12-14-5-2-4-13(8-14)11-20-19(22)17-9-15-6-3-7-16(10-17)18(15)21/h2,4-5,8,15-17H,3,6-7,9-12H2,1H3,(H,20,22)/t15-,16+,17?. The van der Waals surface area contributed by atoms with E-state index in [1.807, 2.05) is 18.2 Å². The van der Waals surface area contributed by atoms with Crippen LogP contribution in [-0.4, -0.2) is 18.8 Å². The van der Waals surface area contributed by atoms with Gasteiger partial charge in [0, 0.05) is 31.4 Å². The Morgan fingerprint density at radius 1 is 1.22 bits per heavy atom. The van der Waals surface area contributed by atoms with Gasteiger partial charge in [-0.05, 0) is 36.8 Å². The zero-order chi connectivity index (χ0) is 16.2. The first-order chi connectivity index (χ1) is 11.2. The summed E-state index contributed by atoms with van der Waals surface area (Å²) in [7, 11) is 1.68. The van der Waals surface area contributed by atoms with Crippen LogP contribution < -0.4 is 5.32 Å². The highest BCUT2D eigenvalue weighted by Crippen LogP contribution is 2.40. The number of ether oxygens (including phenoxy) is 1. The Bertz CT molecular complexity index is 568. The number of fused-ring (bicyclic) bond motifs is 2. The third kappa shape index (κ3) is 3.81. The van der Waals surface area contributed by atoms with Crippen LogP contribution in [0.1, 0.15) is 43.2 Å². The van der Waals surface area contributed by atoms with Crippen molar-refractivity contribution in [2.45, 2.75) is 45.3 Å². The highest BCUT2D eigenvalue weighted by molar-refractivity contribution is 5.88. The molecule has 2 fully saturated rings. The van der Waals surface area contributed by atoms with Crippen LogP contribution in [0.15, 0.2) is 24.3 Å². The molecule has 124 valence electrons. The summed E-state index contributed by atoms with van der Waals surface area (Å²) >= 11 is 0. The predicted octanol–water partition coefficient (Wildman–Crippen LogP) is 2.84. The van der Waals surface area contributed by atoms with Gasteiger partial charge in [0.2, 0.25) is 5.91 Å². The molecule has 3 atom stereocenters. The molecule has 2 bridgehead atoms. The second-order valence-electron chi connectivity index (χ2n) is 6.87. The van der Waals surface area contributed by atoms with Gasteiger partial charge in [-0.25, -0.2) is 0 Å². The normalized spacial score (nSPS) is 26.8. The van der Waals surface area contributed by atoms with Crippen molar-refractivity contribution in [3.63, 3.8) is 0 Å². The van der Waals surface area contributed by atoms with Crippen molar-refractivity contribution in [3.8, 4) is 0 Å². The molecule has 1 amide bonds. The molecule has 0 aromatic heterocycles. The number of carbonyl (C=O) groups is 2. The Labute approximate surface area is 137 Å². The van der Waals surface area contributed by atoms with Crippen LogP contribution in [0, 0.1) is 17.8 Å². The van der Waals surface area contributed by atoms with E-state index in [0.717, 1.165) is 43.2 Å². The SMILES string of the molecule is COCc1cccc(CNC(=O)C2C[C@H]3CCC[C@@H](C2)C3=O)c1. The van der Waals surface area contributed by atoms with E-state index in [1.54, 1.807) is 7.11 Å². The largest absolute Gasteiger partial charge is 0.380 e. The van der Waals surface area contributed by atoms with Crippen LogP contribution in [-0.2, 0) is 27.5 Å². The van der Waals surface area contributed by atoms with E-state index < -0.39 is 0 Å². The number of benzene rings is 1. The summed E-state index contributed by atoms with van der Waals surface area (Å²) in [5.41, 5.74) is 2.19. The maximum absolute atomic E-state index is 12.5. The van der Waals surface area contributed by atoms with Crippen LogP contribution in [0.4, 0.5) is 0 Å². The smallest absolute Gasteiger partial charge is 0.223 e. The summed E-state index contributed by atoms with van der Waals surface area (Å²) in [5.74, 6) is 0.774. The molecule has 4 heteroatoms. The van der Waals surface area contributed by atoms with Gasteiger partial charge in [0.25, 0.3) is 0 Å². The zero-order valence-electron chi connectivity index (χ0n) is 13.7. The maximum atomic E-state index is 12.5. The van der Waals surface area contributed by atoms with E-state index in [9.17, 15) is 9.59 Å². The predicted molar refractivity (Wildman–Crippen MR) is 87.6 cm³/mol. The van der Waals surface area contributed by atoms with Crippen LogP contribution in [0.25, 0.3) is 0 Å². The van der Waals surface area contributed by atoms with Crippen molar-refractivity contribution in [1.82, 2.24) is 5.32 Å². The number of hydrogen-bond donors (Lipinski definition) is 1. The summed E-state index contributed by atoms with van der Waals surface area (Å²) in [6.07, 6.45) is 4.56. The molecule has 1 aromatic carbocycles. The number of amides is 1. The fraction of sp³-hybridized carbons (Fsp3) is 0.579. The Morgan fingerprint density at radius 2 is 1.91 bits per heavy atom. The Balaban J connectivity index is 1.55. The minimum Gasteiger partial charge on any atom is -0.380 e. The fourth-order valence-corrected chi connectivity index (χ4v) is 4.02. The number of ketones is 1. The third-order valence-electron chi connectivity index (χ3n) is 5.19. The van der Waals surface area contributed by atoms with Gasteiger partial charge in [-0.15, -0.1) is 0 Å². The highest BCUT2D eigenvalue weighted by Gasteiger charge is 2.41. The van der Waals surface area contributed by atoms with Crippen molar-refractivity contribution in [3.05, 3.63) is 35.4 Å². The van der Waals surface area contributed by atoms with Crippen LogP contribution in [0.3, 0.4) is 0 Å². The van der Waals surface area contributed by atoms with E-state index in [4.69, 9.17) is 4.74 Å². The Kier molecular flexibility index (Phi) is 5.11. The van der Waals surface area contributed by atoms with Crippen molar-refractivity contribution in [2.24, 2.45) is 17.8 Å². The number of carbonyl (C=O) groups excluding carboxylic acids is 2. The van der Waals surface area contributed by atoms with Crippen LogP contribution in [0.5, 0.6) is 0 Å². The number of hydrogen-bond acceptors (Lipinski definition) is 3. The molecule has 0 aliphatic heterocycles. The molecule has 2 saturated carbocycles. The van der Waals surface area contributed by atoms with Gasteiger partial charge in [0.05, 0.1) is 6.61 Å². The van der Waals surface area contributed by atoms with Crippen molar-refractivity contribution < 1.29 is 14.3 Å². The summed E-state index contributed by atoms with van der Waals surface area (Å²) in [6, 6.07) is 8.07. The minimum atomic E-state index is 0.00478. The molecule has 0 saturated heterocycles.